The lowest BCUT2D eigenvalue weighted by atomic mass is 10.1. The van der Waals surface area contributed by atoms with Gasteiger partial charge in [-0.2, -0.15) is 0 Å². The molecule has 0 bridgehead atoms. The van der Waals surface area contributed by atoms with Gasteiger partial charge >= 0.3 is 0 Å². The maximum atomic E-state index is 12.9. The smallest absolute Gasteiger partial charge is 0.231 e. The molecule has 0 saturated carbocycles. The van der Waals surface area contributed by atoms with Crippen LogP contribution in [0.2, 0.25) is 0 Å². The summed E-state index contributed by atoms with van der Waals surface area (Å²) in [5.74, 6) is 1.91. The van der Waals surface area contributed by atoms with Gasteiger partial charge in [0, 0.05) is 56.2 Å². The largest absolute Gasteiger partial charge is 0.454 e. The predicted molar refractivity (Wildman–Crippen MR) is 113 cm³/mol. The van der Waals surface area contributed by atoms with Crippen LogP contribution in [-0.4, -0.2) is 59.7 Å². The van der Waals surface area contributed by atoms with Crippen LogP contribution in [0.25, 0.3) is 0 Å². The number of hydrogen-bond acceptors (Lipinski definition) is 5. The number of hydrogen-bond donors (Lipinski definition) is 0. The lowest BCUT2D eigenvalue weighted by Gasteiger charge is -2.34. The molecule has 1 fully saturated rings. The van der Waals surface area contributed by atoms with Crippen LogP contribution in [0.1, 0.15) is 40.7 Å². The molecule has 0 radical (unpaired) electrons. The van der Waals surface area contributed by atoms with Crippen LogP contribution < -0.4 is 9.47 Å². The standard InChI is InChI=1S/C23H31N3O3/c1-4-7-26-17(2)12-20(18(26)3)21(27)15-25-10-8-24(9-11-25)14-19-5-6-22-23(13-19)29-16-28-22/h5-6,12-13H,4,7-11,14-16H2,1-3H3. The zero-order valence-corrected chi connectivity index (χ0v) is 17.7. The maximum absolute atomic E-state index is 12.9. The Labute approximate surface area is 173 Å². The Bertz CT molecular complexity index is 882. The number of fused-ring (bicyclic) bond motifs is 1. The summed E-state index contributed by atoms with van der Waals surface area (Å²) in [6, 6.07) is 8.23. The van der Waals surface area contributed by atoms with E-state index in [1.54, 1.807) is 0 Å². The number of ketones is 1. The minimum absolute atomic E-state index is 0.240. The number of piperazine rings is 1. The highest BCUT2D eigenvalue weighted by Crippen LogP contribution is 2.32. The fraction of sp³-hybridized carbons (Fsp3) is 0.522. The van der Waals surface area contributed by atoms with Gasteiger partial charge in [0.2, 0.25) is 6.79 Å². The van der Waals surface area contributed by atoms with Crippen LogP contribution in [0.5, 0.6) is 11.5 Å². The van der Waals surface area contributed by atoms with Crippen molar-refractivity contribution >= 4 is 5.78 Å². The fourth-order valence-corrected chi connectivity index (χ4v) is 4.34. The molecule has 6 heteroatoms. The van der Waals surface area contributed by atoms with Crippen molar-refractivity contribution in [2.24, 2.45) is 0 Å². The third-order valence-electron chi connectivity index (χ3n) is 6.00. The molecule has 2 aliphatic heterocycles. The van der Waals surface area contributed by atoms with Gasteiger partial charge in [0.1, 0.15) is 0 Å². The van der Waals surface area contributed by atoms with Crippen LogP contribution in [0.15, 0.2) is 24.3 Å². The Morgan fingerprint density at radius 1 is 1.00 bits per heavy atom. The van der Waals surface area contributed by atoms with Crippen molar-refractivity contribution in [3.05, 3.63) is 46.8 Å². The van der Waals surface area contributed by atoms with Gasteiger partial charge in [-0.25, -0.2) is 0 Å². The number of benzene rings is 1. The van der Waals surface area contributed by atoms with Crippen molar-refractivity contribution in [2.45, 2.75) is 40.3 Å². The van der Waals surface area contributed by atoms with E-state index < -0.39 is 0 Å². The Morgan fingerprint density at radius 2 is 1.72 bits per heavy atom. The quantitative estimate of drug-likeness (QED) is 0.671. The van der Waals surface area contributed by atoms with Gasteiger partial charge in [0.15, 0.2) is 17.3 Å². The summed E-state index contributed by atoms with van der Waals surface area (Å²) in [7, 11) is 0. The van der Waals surface area contributed by atoms with Gasteiger partial charge in [-0.3, -0.25) is 14.6 Å². The number of carbonyl (C=O) groups is 1. The minimum Gasteiger partial charge on any atom is -0.454 e. The van der Waals surface area contributed by atoms with Crippen molar-refractivity contribution in [2.75, 3.05) is 39.5 Å². The SMILES string of the molecule is CCCn1c(C)cc(C(=O)CN2CCN(Cc3ccc4c(c3)OCO4)CC2)c1C. The molecule has 0 spiro atoms. The van der Waals surface area contributed by atoms with E-state index in [-0.39, 0.29) is 5.78 Å². The molecule has 6 nitrogen and oxygen atoms in total. The van der Waals surface area contributed by atoms with Gasteiger partial charge in [-0.05, 0) is 44.0 Å². The Morgan fingerprint density at radius 3 is 2.48 bits per heavy atom. The van der Waals surface area contributed by atoms with Gasteiger partial charge in [0.05, 0.1) is 6.54 Å². The van der Waals surface area contributed by atoms with Crippen molar-refractivity contribution in [1.82, 2.24) is 14.4 Å². The average molecular weight is 398 g/mol. The summed E-state index contributed by atoms with van der Waals surface area (Å²) in [4.78, 5) is 17.6. The summed E-state index contributed by atoms with van der Waals surface area (Å²) in [5.41, 5.74) is 4.41. The topological polar surface area (TPSA) is 46.9 Å². The lowest BCUT2D eigenvalue weighted by Crippen LogP contribution is -2.47. The summed E-state index contributed by atoms with van der Waals surface area (Å²) >= 11 is 0. The molecule has 0 N–H and O–H groups in total. The number of nitrogens with zero attached hydrogens (tertiary/aromatic N) is 3. The van der Waals surface area contributed by atoms with Crippen LogP contribution in [0.4, 0.5) is 0 Å². The van der Waals surface area contributed by atoms with Crippen molar-refractivity contribution in [3.63, 3.8) is 0 Å². The molecule has 4 rings (SSSR count). The fourth-order valence-electron chi connectivity index (χ4n) is 4.34. The molecule has 0 atom stereocenters. The average Bonchev–Trinajstić information content (AvgIpc) is 3.29. The van der Waals surface area contributed by atoms with Crippen LogP contribution in [-0.2, 0) is 13.1 Å². The predicted octanol–water partition coefficient (Wildman–Crippen LogP) is 3.24. The van der Waals surface area contributed by atoms with E-state index in [4.69, 9.17) is 9.47 Å². The minimum atomic E-state index is 0.240. The second kappa shape index (κ2) is 8.59. The van der Waals surface area contributed by atoms with E-state index >= 15 is 0 Å². The highest BCUT2D eigenvalue weighted by Gasteiger charge is 2.22. The first-order valence-electron chi connectivity index (χ1n) is 10.6. The van der Waals surface area contributed by atoms with Crippen molar-refractivity contribution in [1.29, 1.82) is 0 Å². The van der Waals surface area contributed by atoms with Gasteiger partial charge < -0.3 is 14.0 Å². The monoisotopic (exact) mass is 397 g/mol. The Hall–Kier alpha value is -2.31. The zero-order valence-electron chi connectivity index (χ0n) is 17.7. The Balaban J connectivity index is 1.30. The first-order chi connectivity index (χ1) is 14.0. The third kappa shape index (κ3) is 4.33. The first kappa shape index (κ1) is 20.0. The van der Waals surface area contributed by atoms with Crippen molar-refractivity contribution in [3.8, 4) is 11.5 Å². The third-order valence-corrected chi connectivity index (χ3v) is 6.00. The molecule has 1 saturated heterocycles. The molecule has 2 aliphatic rings. The first-order valence-corrected chi connectivity index (χ1v) is 10.6. The second-order valence-electron chi connectivity index (χ2n) is 8.10. The van der Waals surface area contributed by atoms with E-state index in [0.717, 1.165) is 68.4 Å². The van der Waals surface area contributed by atoms with Crippen LogP contribution in [0.3, 0.4) is 0 Å². The molecule has 2 aromatic rings. The summed E-state index contributed by atoms with van der Waals surface area (Å²) < 4.78 is 13.1. The number of aryl methyl sites for hydroxylation is 1. The second-order valence-corrected chi connectivity index (χ2v) is 8.10. The molecule has 1 aromatic carbocycles. The van der Waals surface area contributed by atoms with E-state index in [2.05, 4.69) is 53.3 Å². The molecular weight excluding hydrogens is 366 g/mol. The number of ether oxygens (including phenoxy) is 2. The highest BCUT2D eigenvalue weighted by atomic mass is 16.7. The van der Waals surface area contributed by atoms with Crippen LogP contribution in [0, 0.1) is 13.8 Å². The van der Waals surface area contributed by atoms with E-state index in [0.29, 0.717) is 13.3 Å². The molecule has 0 amide bonds. The molecule has 1 aromatic heterocycles. The molecular formula is C23H31N3O3. The number of Topliss-reactive ketones (excluding diaryl/α,β-unsaturated/α-hetero) is 1. The Kier molecular flexibility index (Phi) is 5.92. The van der Waals surface area contributed by atoms with E-state index in [9.17, 15) is 4.79 Å². The summed E-state index contributed by atoms with van der Waals surface area (Å²) in [6.07, 6.45) is 1.08. The molecule has 156 valence electrons. The highest BCUT2D eigenvalue weighted by molar-refractivity contribution is 5.99. The maximum Gasteiger partial charge on any atom is 0.231 e. The van der Waals surface area contributed by atoms with Gasteiger partial charge in [0.25, 0.3) is 0 Å². The molecule has 0 unspecified atom stereocenters. The summed E-state index contributed by atoms with van der Waals surface area (Å²) in [6.45, 7) is 12.8. The number of aromatic nitrogens is 1. The van der Waals surface area contributed by atoms with E-state index in [1.165, 1.54) is 11.3 Å². The lowest BCUT2D eigenvalue weighted by molar-refractivity contribution is 0.0843. The molecule has 3 heterocycles. The van der Waals surface area contributed by atoms with Gasteiger partial charge in [-0.15, -0.1) is 0 Å². The van der Waals surface area contributed by atoms with Gasteiger partial charge in [-0.1, -0.05) is 13.0 Å². The van der Waals surface area contributed by atoms with Crippen molar-refractivity contribution < 1.29 is 14.3 Å². The summed E-state index contributed by atoms with van der Waals surface area (Å²) in [5, 5.41) is 0. The zero-order chi connectivity index (χ0) is 20.4. The number of rotatable bonds is 7. The molecule has 29 heavy (non-hydrogen) atoms. The number of carbonyl (C=O) groups excluding carboxylic acids is 1. The van der Waals surface area contributed by atoms with E-state index in [1.807, 2.05) is 6.07 Å². The van der Waals surface area contributed by atoms with Crippen LogP contribution >= 0.6 is 0 Å². The normalized spacial score (nSPS) is 17.1. The molecule has 0 aliphatic carbocycles.